The average molecular weight is 328 g/mol. The number of carbonyl (C=O) groups is 1. The molecule has 0 spiro atoms. The van der Waals surface area contributed by atoms with Crippen molar-refractivity contribution < 1.29 is 13.6 Å². The number of aromatic nitrogens is 1. The zero-order valence-electron chi connectivity index (χ0n) is 12.0. The molecule has 1 amide bonds. The standard InChI is InChI=1S/C17H13FN2O2S/c18-13-5-3-12(4-6-13)10-15-11-19-17(23-15)20-16(21)8-7-14-2-1-9-22-14/h1-9,11H,10H2,(H,19,20,21)/b8-7-. The predicted molar refractivity (Wildman–Crippen MR) is 87.7 cm³/mol. The van der Waals surface area contributed by atoms with Gasteiger partial charge in [-0.2, -0.15) is 0 Å². The van der Waals surface area contributed by atoms with Crippen molar-refractivity contribution in [2.24, 2.45) is 0 Å². The van der Waals surface area contributed by atoms with Gasteiger partial charge in [0.25, 0.3) is 0 Å². The van der Waals surface area contributed by atoms with E-state index in [1.807, 2.05) is 0 Å². The molecule has 6 heteroatoms. The fourth-order valence-electron chi connectivity index (χ4n) is 1.94. The smallest absolute Gasteiger partial charge is 0.250 e. The van der Waals surface area contributed by atoms with Crippen LogP contribution in [0.5, 0.6) is 0 Å². The quantitative estimate of drug-likeness (QED) is 0.717. The first-order valence-corrected chi connectivity index (χ1v) is 7.72. The summed E-state index contributed by atoms with van der Waals surface area (Å²) in [5.41, 5.74) is 0.991. The second kappa shape index (κ2) is 7.02. The Hall–Kier alpha value is -2.73. The highest BCUT2D eigenvalue weighted by atomic mass is 32.1. The maximum atomic E-state index is 12.9. The van der Waals surface area contributed by atoms with E-state index >= 15 is 0 Å². The van der Waals surface area contributed by atoms with Crippen molar-refractivity contribution in [1.82, 2.24) is 4.98 Å². The van der Waals surface area contributed by atoms with Crippen LogP contribution in [0.4, 0.5) is 9.52 Å². The van der Waals surface area contributed by atoms with Gasteiger partial charge in [0.2, 0.25) is 5.91 Å². The Kier molecular flexibility index (Phi) is 4.63. The van der Waals surface area contributed by atoms with Crippen LogP contribution in [0, 0.1) is 5.82 Å². The van der Waals surface area contributed by atoms with Crippen molar-refractivity contribution in [2.45, 2.75) is 6.42 Å². The molecule has 3 aromatic rings. The molecular weight excluding hydrogens is 315 g/mol. The third-order valence-corrected chi connectivity index (χ3v) is 3.93. The average Bonchev–Trinajstić information content (AvgIpc) is 3.20. The number of carbonyl (C=O) groups excluding carboxylic acids is 1. The lowest BCUT2D eigenvalue weighted by Crippen LogP contribution is -2.06. The van der Waals surface area contributed by atoms with E-state index in [1.54, 1.807) is 42.8 Å². The molecule has 0 aliphatic rings. The van der Waals surface area contributed by atoms with Gasteiger partial charge >= 0.3 is 0 Å². The minimum Gasteiger partial charge on any atom is -0.465 e. The SMILES string of the molecule is O=C(/C=C\c1ccco1)Nc1ncc(Cc2ccc(F)cc2)s1. The number of benzene rings is 1. The minimum atomic E-state index is -0.274. The van der Waals surface area contributed by atoms with E-state index in [-0.39, 0.29) is 11.7 Å². The highest BCUT2D eigenvalue weighted by molar-refractivity contribution is 7.15. The maximum Gasteiger partial charge on any atom is 0.250 e. The van der Waals surface area contributed by atoms with Crippen molar-refractivity contribution in [3.05, 3.63) is 77.0 Å². The summed E-state index contributed by atoms with van der Waals surface area (Å²) in [4.78, 5) is 17.0. The van der Waals surface area contributed by atoms with E-state index < -0.39 is 0 Å². The van der Waals surface area contributed by atoms with Gasteiger partial charge < -0.3 is 4.42 Å². The Labute approximate surface area is 136 Å². The van der Waals surface area contributed by atoms with E-state index in [9.17, 15) is 9.18 Å². The number of nitrogens with one attached hydrogen (secondary N) is 1. The molecule has 0 saturated carbocycles. The van der Waals surface area contributed by atoms with Crippen LogP contribution in [0.15, 0.2) is 59.4 Å². The predicted octanol–water partition coefficient (Wildman–Crippen LogP) is 4.12. The summed E-state index contributed by atoms with van der Waals surface area (Å²) in [7, 11) is 0. The third-order valence-electron chi connectivity index (χ3n) is 3.02. The van der Waals surface area contributed by atoms with Gasteiger partial charge in [0.15, 0.2) is 5.13 Å². The molecule has 0 saturated heterocycles. The molecule has 0 unspecified atom stereocenters. The lowest BCUT2D eigenvalue weighted by molar-refractivity contribution is -0.111. The highest BCUT2D eigenvalue weighted by Crippen LogP contribution is 2.21. The molecule has 2 aromatic heterocycles. The largest absolute Gasteiger partial charge is 0.465 e. The summed E-state index contributed by atoms with van der Waals surface area (Å²) >= 11 is 1.39. The second-order valence-corrected chi connectivity index (χ2v) is 5.89. The van der Waals surface area contributed by atoms with Gasteiger partial charge in [-0.05, 0) is 35.9 Å². The number of rotatable bonds is 5. The van der Waals surface area contributed by atoms with E-state index in [0.717, 1.165) is 10.4 Å². The fraction of sp³-hybridized carbons (Fsp3) is 0.0588. The molecule has 23 heavy (non-hydrogen) atoms. The number of hydrogen-bond acceptors (Lipinski definition) is 4. The van der Waals surface area contributed by atoms with Gasteiger partial charge in [0, 0.05) is 23.6 Å². The number of amides is 1. The lowest BCUT2D eigenvalue weighted by Gasteiger charge is -1.98. The summed E-state index contributed by atoms with van der Waals surface area (Å²) in [6.07, 6.45) is 6.87. The second-order valence-electron chi connectivity index (χ2n) is 4.77. The maximum absolute atomic E-state index is 12.9. The first-order chi connectivity index (χ1) is 11.2. The van der Waals surface area contributed by atoms with E-state index in [2.05, 4.69) is 10.3 Å². The van der Waals surface area contributed by atoms with Gasteiger partial charge in [0.05, 0.1) is 6.26 Å². The van der Waals surface area contributed by atoms with Gasteiger partial charge in [-0.25, -0.2) is 9.37 Å². The monoisotopic (exact) mass is 328 g/mol. The van der Waals surface area contributed by atoms with Crippen molar-refractivity contribution >= 4 is 28.5 Å². The first-order valence-electron chi connectivity index (χ1n) is 6.91. The molecule has 0 aliphatic carbocycles. The summed E-state index contributed by atoms with van der Waals surface area (Å²) in [5, 5.41) is 3.22. The topological polar surface area (TPSA) is 55.1 Å². The first kappa shape index (κ1) is 15.2. The van der Waals surface area contributed by atoms with Crippen LogP contribution in [-0.4, -0.2) is 10.9 Å². The Morgan fingerprint density at radius 2 is 2.13 bits per heavy atom. The van der Waals surface area contributed by atoms with Crippen LogP contribution < -0.4 is 5.32 Å². The zero-order valence-corrected chi connectivity index (χ0v) is 12.8. The summed E-state index contributed by atoms with van der Waals surface area (Å²) in [6.45, 7) is 0. The van der Waals surface area contributed by atoms with E-state index in [0.29, 0.717) is 17.3 Å². The van der Waals surface area contributed by atoms with Gasteiger partial charge in [-0.15, -0.1) is 11.3 Å². The summed E-state index contributed by atoms with van der Waals surface area (Å²) in [5.74, 6) is 0.0784. The molecule has 116 valence electrons. The highest BCUT2D eigenvalue weighted by Gasteiger charge is 2.06. The molecule has 2 heterocycles. The zero-order chi connectivity index (χ0) is 16.1. The summed E-state index contributed by atoms with van der Waals surface area (Å²) < 4.78 is 18.0. The molecule has 0 aliphatic heterocycles. The Balaban J connectivity index is 1.58. The van der Waals surface area contributed by atoms with Gasteiger partial charge in [-0.3, -0.25) is 10.1 Å². The third kappa shape index (κ3) is 4.37. The van der Waals surface area contributed by atoms with Crippen molar-refractivity contribution in [3.63, 3.8) is 0 Å². The van der Waals surface area contributed by atoms with Crippen LogP contribution in [-0.2, 0) is 11.2 Å². The lowest BCUT2D eigenvalue weighted by atomic mass is 10.1. The molecule has 4 nitrogen and oxygen atoms in total. The molecule has 0 atom stereocenters. The fourth-order valence-corrected chi connectivity index (χ4v) is 2.79. The number of halogens is 1. The molecule has 0 bridgehead atoms. The van der Waals surface area contributed by atoms with Crippen LogP contribution in [0.3, 0.4) is 0 Å². The normalized spacial score (nSPS) is 11.0. The van der Waals surface area contributed by atoms with Crippen LogP contribution in [0.25, 0.3) is 6.08 Å². The number of thiazole rings is 1. The molecule has 1 aromatic carbocycles. The van der Waals surface area contributed by atoms with Gasteiger partial charge in [-0.1, -0.05) is 12.1 Å². The van der Waals surface area contributed by atoms with E-state index in [4.69, 9.17) is 4.42 Å². The van der Waals surface area contributed by atoms with Crippen LogP contribution >= 0.6 is 11.3 Å². The van der Waals surface area contributed by atoms with Crippen LogP contribution in [0.2, 0.25) is 0 Å². The Morgan fingerprint density at radius 1 is 1.30 bits per heavy atom. The molecule has 0 fully saturated rings. The minimum absolute atomic E-state index is 0.255. The van der Waals surface area contributed by atoms with Crippen molar-refractivity contribution in [3.8, 4) is 0 Å². The Bertz CT molecular complexity index is 808. The molecule has 3 rings (SSSR count). The summed E-state index contributed by atoms with van der Waals surface area (Å²) in [6, 6.07) is 9.84. The molecule has 0 radical (unpaired) electrons. The van der Waals surface area contributed by atoms with Crippen molar-refractivity contribution in [1.29, 1.82) is 0 Å². The number of nitrogens with zero attached hydrogens (tertiary/aromatic N) is 1. The molecular formula is C17H13FN2O2S. The number of furan rings is 1. The van der Waals surface area contributed by atoms with E-state index in [1.165, 1.54) is 29.5 Å². The number of hydrogen-bond donors (Lipinski definition) is 1. The molecule has 1 N–H and O–H groups in total. The Morgan fingerprint density at radius 3 is 2.87 bits per heavy atom. The van der Waals surface area contributed by atoms with Crippen LogP contribution in [0.1, 0.15) is 16.2 Å². The van der Waals surface area contributed by atoms with Crippen molar-refractivity contribution in [2.75, 3.05) is 5.32 Å². The number of anilines is 1. The van der Waals surface area contributed by atoms with Gasteiger partial charge in [0.1, 0.15) is 11.6 Å².